The van der Waals surface area contributed by atoms with Gasteiger partial charge in [0.25, 0.3) is 5.91 Å². The number of pyridine rings is 1. The Kier molecular flexibility index (Phi) is 6.33. The number of amides is 1. The molecule has 2 aromatic rings. The molecule has 1 heterocycles. The third kappa shape index (κ3) is 5.16. The number of hydrogen-bond acceptors (Lipinski definition) is 4. The standard InChI is InChI=1S/C15H13Cl3N2O3/c1-22-15-4-9(2-3-19-15)7-20-14(21)8-23-13-6-11(17)10(16)5-12(13)18/h2-6H,7-8H2,1H3,(H,20,21). The van der Waals surface area contributed by atoms with Crippen LogP contribution in [0.2, 0.25) is 15.1 Å². The average Bonchev–Trinajstić information content (AvgIpc) is 2.55. The molecule has 122 valence electrons. The summed E-state index contributed by atoms with van der Waals surface area (Å²) in [6.45, 7) is 0.135. The highest BCUT2D eigenvalue weighted by Gasteiger charge is 2.09. The highest BCUT2D eigenvalue weighted by atomic mass is 35.5. The third-order valence-electron chi connectivity index (χ3n) is 2.83. The van der Waals surface area contributed by atoms with E-state index in [4.69, 9.17) is 44.3 Å². The Morgan fingerprint density at radius 3 is 2.65 bits per heavy atom. The van der Waals surface area contributed by atoms with Gasteiger partial charge < -0.3 is 14.8 Å². The summed E-state index contributed by atoms with van der Waals surface area (Å²) in [5.41, 5.74) is 0.859. The summed E-state index contributed by atoms with van der Waals surface area (Å²) in [6.07, 6.45) is 1.60. The van der Waals surface area contributed by atoms with Crippen molar-refractivity contribution in [2.24, 2.45) is 0 Å². The van der Waals surface area contributed by atoms with Crippen molar-refractivity contribution < 1.29 is 14.3 Å². The minimum atomic E-state index is -0.303. The van der Waals surface area contributed by atoms with Crippen LogP contribution >= 0.6 is 34.8 Å². The number of rotatable bonds is 6. The molecule has 0 radical (unpaired) electrons. The van der Waals surface area contributed by atoms with Crippen LogP contribution in [0.4, 0.5) is 0 Å². The summed E-state index contributed by atoms with van der Waals surface area (Å²) in [5, 5.41) is 3.62. The Labute approximate surface area is 148 Å². The molecule has 8 heteroatoms. The first-order chi connectivity index (χ1) is 11.0. The van der Waals surface area contributed by atoms with Crippen molar-refractivity contribution in [3.63, 3.8) is 0 Å². The van der Waals surface area contributed by atoms with Gasteiger partial charge in [0.05, 0.1) is 22.2 Å². The fourth-order valence-electron chi connectivity index (χ4n) is 1.68. The summed E-state index contributed by atoms with van der Waals surface area (Å²) < 4.78 is 10.4. The smallest absolute Gasteiger partial charge is 0.258 e. The van der Waals surface area contributed by atoms with E-state index in [-0.39, 0.29) is 17.5 Å². The Bertz CT molecular complexity index is 710. The van der Waals surface area contributed by atoms with Crippen molar-refractivity contribution in [1.82, 2.24) is 10.3 Å². The molecule has 0 fully saturated rings. The second kappa shape index (κ2) is 8.24. The van der Waals surface area contributed by atoms with Crippen LogP contribution in [0.3, 0.4) is 0 Å². The number of halogens is 3. The van der Waals surface area contributed by atoms with Crippen molar-refractivity contribution in [2.45, 2.75) is 6.54 Å². The summed E-state index contributed by atoms with van der Waals surface area (Å²) in [6, 6.07) is 6.44. The quantitative estimate of drug-likeness (QED) is 0.781. The van der Waals surface area contributed by atoms with Gasteiger partial charge in [0, 0.05) is 24.9 Å². The van der Waals surface area contributed by atoms with Gasteiger partial charge in [0.2, 0.25) is 5.88 Å². The number of carbonyl (C=O) groups is 1. The third-order valence-corrected chi connectivity index (χ3v) is 3.85. The van der Waals surface area contributed by atoms with Crippen LogP contribution in [-0.4, -0.2) is 24.6 Å². The van der Waals surface area contributed by atoms with Crippen LogP contribution in [0.1, 0.15) is 5.56 Å². The van der Waals surface area contributed by atoms with Crippen molar-refractivity contribution in [2.75, 3.05) is 13.7 Å². The molecular formula is C15H13Cl3N2O3. The maximum absolute atomic E-state index is 11.8. The molecular weight excluding hydrogens is 363 g/mol. The maximum atomic E-state index is 11.8. The molecule has 23 heavy (non-hydrogen) atoms. The number of benzene rings is 1. The van der Waals surface area contributed by atoms with E-state index in [9.17, 15) is 4.79 Å². The van der Waals surface area contributed by atoms with Gasteiger partial charge in [-0.3, -0.25) is 4.79 Å². The first kappa shape index (κ1) is 17.7. The van der Waals surface area contributed by atoms with E-state index in [1.165, 1.54) is 19.2 Å². The van der Waals surface area contributed by atoms with Crippen molar-refractivity contribution in [1.29, 1.82) is 0 Å². The van der Waals surface area contributed by atoms with Gasteiger partial charge in [-0.15, -0.1) is 0 Å². The Morgan fingerprint density at radius 1 is 1.17 bits per heavy atom. The molecule has 5 nitrogen and oxygen atoms in total. The molecule has 1 aromatic carbocycles. The fraction of sp³-hybridized carbons (Fsp3) is 0.200. The summed E-state index contributed by atoms with van der Waals surface area (Å²) >= 11 is 17.7. The summed E-state index contributed by atoms with van der Waals surface area (Å²) in [7, 11) is 1.53. The minimum absolute atomic E-state index is 0.195. The zero-order chi connectivity index (χ0) is 16.8. The number of nitrogens with zero attached hydrogens (tertiary/aromatic N) is 1. The maximum Gasteiger partial charge on any atom is 0.258 e. The number of carbonyl (C=O) groups excluding carboxylic acids is 1. The van der Waals surface area contributed by atoms with Gasteiger partial charge in [0.15, 0.2) is 6.61 Å². The van der Waals surface area contributed by atoms with Gasteiger partial charge in [-0.05, 0) is 17.7 Å². The molecule has 1 aromatic heterocycles. The summed E-state index contributed by atoms with van der Waals surface area (Å²) in [5.74, 6) is 0.473. The predicted molar refractivity (Wildman–Crippen MR) is 89.6 cm³/mol. The minimum Gasteiger partial charge on any atom is -0.482 e. The molecule has 1 amide bonds. The zero-order valence-electron chi connectivity index (χ0n) is 12.1. The lowest BCUT2D eigenvalue weighted by atomic mass is 10.2. The van der Waals surface area contributed by atoms with Crippen LogP contribution in [0.15, 0.2) is 30.5 Å². The predicted octanol–water partition coefficient (Wildman–Crippen LogP) is 3.75. The van der Waals surface area contributed by atoms with Gasteiger partial charge in [-0.1, -0.05) is 34.8 Å². The molecule has 0 aliphatic carbocycles. The molecule has 0 spiro atoms. The van der Waals surface area contributed by atoms with Crippen molar-refractivity contribution in [3.8, 4) is 11.6 Å². The monoisotopic (exact) mass is 374 g/mol. The lowest BCUT2D eigenvalue weighted by Gasteiger charge is -2.10. The Balaban J connectivity index is 1.87. The molecule has 0 aliphatic rings. The molecule has 1 N–H and O–H groups in total. The van der Waals surface area contributed by atoms with E-state index < -0.39 is 0 Å². The van der Waals surface area contributed by atoms with Gasteiger partial charge >= 0.3 is 0 Å². The van der Waals surface area contributed by atoms with E-state index in [1.54, 1.807) is 18.3 Å². The van der Waals surface area contributed by atoms with Gasteiger partial charge in [-0.2, -0.15) is 0 Å². The molecule has 0 aliphatic heterocycles. The van der Waals surface area contributed by atoms with Crippen LogP contribution in [0.5, 0.6) is 11.6 Å². The second-order valence-electron chi connectivity index (χ2n) is 4.47. The lowest BCUT2D eigenvalue weighted by molar-refractivity contribution is -0.123. The van der Waals surface area contributed by atoms with Crippen LogP contribution in [0.25, 0.3) is 0 Å². The number of hydrogen-bond donors (Lipinski definition) is 1. The van der Waals surface area contributed by atoms with Crippen LogP contribution < -0.4 is 14.8 Å². The van der Waals surface area contributed by atoms with E-state index in [0.29, 0.717) is 28.2 Å². The molecule has 0 atom stereocenters. The van der Waals surface area contributed by atoms with Crippen LogP contribution in [-0.2, 0) is 11.3 Å². The first-order valence-electron chi connectivity index (χ1n) is 6.52. The first-order valence-corrected chi connectivity index (χ1v) is 7.66. The number of ether oxygens (including phenoxy) is 2. The molecule has 0 unspecified atom stereocenters. The number of nitrogens with one attached hydrogen (secondary N) is 1. The largest absolute Gasteiger partial charge is 0.482 e. The van der Waals surface area contributed by atoms with E-state index >= 15 is 0 Å². The normalized spacial score (nSPS) is 10.3. The Morgan fingerprint density at radius 2 is 1.91 bits per heavy atom. The molecule has 0 saturated carbocycles. The van der Waals surface area contributed by atoms with E-state index in [1.807, 2.05) is 0 Å². The van der Waals surface area contributed by atoms with Gasteiger partial charge in [0.1, 0.15) is 5.75 Å². The second-order valence-corrected chi connectivity index (χ2v) is 5.69. The van der Waals surface area contributed by atoms with E-state index in [2.05, 4.69) is 10.3 Å². The zero-order valence-corrected chi connectivity index (χ0v) is 14.4. The van der Waals surface area contributed by atoms with Gasteiger partial charge in [-0.25, -0.2) is 4.98 Å². The highest BCUT2D eigenvalue weighted by molar-refractivity contribution is 6.43. The molecule has 2 rings (SSSR count). The van der Waals surface area contributed by atoms with Crippen molar-refractivity contribution >= 4 is 40.7 Å². The molecule has 0 bridgehead atoms. The summed E-state index contributed by atoms with van der Waals surface area (Å²) in [4.78, 5) is 15.8. The van der Waals surface area contributed by atoms with Crippen molar-refractivity contribution in [3.05, 3.63) is 51.1 Å². The highest BCUT2D eigenvalue weighted by Crippen LogP contribution is 2.33. The number of methoxy groups -OCH3 is 1. The average molecular weight is 376 g/mol. The van der Waals surface area contributed by atoms with Crippen LogP contribution in [0, 0.1) is 0 Å². The fourth-order valence-corrected chi connectivity index (χ4v) is 2.27. The lowest BCUT2D eigenvalue weighted by Crippen LogP contribution is -2.28. The number of aromatic nitrogens is 1. The Hall–Kier alpha value is -1.69. The van der Waals surface area contributed by atoms with E-state index in [0.717, 1.165) is 5.56 Å². The molecule has 0 saturated heterocycles. The topological polar surface area (TPSA) is 60.5 Å². The SMILES string of the molecule is COc1cc(CNC(=O)COc2cc(Cl)c(Cl)cc2Cl)ccn1.